The molecule has 0 saturated heterocycles. The van der Waals surface area contributed by atoms with E-state index in [4.69, 9.17) is 9.47 Å². The molecule has 3 aromatic carbocycles. The van der Waals surface area contributed by atoms with E-state index in [1.54, 1.807) is 37.0 Å². The summed E-state index contributed by atoms with van der Waals surface area (Å²) in [6.07, 6.45) is 2.15. The van der Waals surface area contributed by atoms with E-state index < -0.39 is 0 Å². The smallest absolute Gasteiger partial charge is 0.262 e. The number of thioether (sulfide) groups is 1. The maximum absolute atomic E-state index is 13.4. The van der Waals surface area contributed by atoms with Gasteiger partial charge in [-0.25, -0.2) is 4.98 Å². The molecule has 0 fully saturated rings. The van der Waals surface area contributed by atoms with Gasteiger partial charge in [-0.3, -0.25) is 19.0 Å². The van der Waals surface area contributed by atoms with Gasteiger partial charge in [0.1, 0.15) is 0 Å². The Balaban J connectivity index is 1.36. The molecule has 0 atom stereocenters. The fourth-order valence-electron chi connectivity index (χ4n) is 4.59. The molecule has 10 heteroatoms. The Labute approximate surface area is 249 Å². The van der Waals surface area contributed by atoms with E-state index in [1.165, 1.54) is 11.8 Å². The van der Waals surface area contributed by atoms with Gasteiger partial charge in [0.2, 0.25) is 11.8 Å². The second-order valence-corrected chi connectivity index (χ2v) is 10.6. The number of hydrogen-bond acceptors (Lipinski definition) is 7. The quantitative estimate of drug-likeness (QED) is 0.160. The molecule has 1 aromatic heterocycles. The highest BCUT2D eigenvalue weighted by molar-refractivity contribution is 7.99. The number of aromatic nitrogens is 2. The monoisotopic (exact) mass is 588 g/mol. The number of anilines is 1. The molecule has 1 heterocycles. The SMILES string of the molecule is CCc1ccccc1NC(=O)CSc1nc2ccccc2c(=O)n1CCCC(=O)NCCc1ccc(OC)c(OC)c1. The summed E-state index contributed by atoms with van der Waals surface area (Å²) in [7, 11) is 3.18. The summed E-state index contributed by atoms with van der Waals surface area (Å²) >= 11 is 1.21. The molecule has 0 aliphatic rings. The first-order chi connectivity index (χ1) is 20.4. The average Bonchev–Trinajstić information content (AvgIpc) is 3.01. The Morgan fingerprint density at radius 2 is 1.71 bits per heavy atom. The third-order valence-corrected chi connectivity index (χ3v) is 7.78. The van der Waals surface area contributed by atoms with Crippen LogP contribution in [-0.2, 0) is 29.0 Å². The molecule has 0 aliphatic heterocycles. The van der Waals surface area contributed by atoms with Crippen molar-refractivity contribution in [3.8, 4) is 11.5 Å². The number of carbonyl (C=O) groups excluding carboxylic acids is 2. The topological polar surface area (TPSA) is 112 Å². The predicted octanol–water partition coefficient (Wildman–Crippen LogP) is 4.85. The van der Waals surface area contributed by atoms with Crippen molar-refractivity contribution >= 4 is 40.2 Å². The third kappa shape index (κ3) is 7.91. The molecule has 0 aliphatic carbocycles. The van der Waals surface area contributed by atoms with Crippen molar-refractivity contribution in [1.82, 2.24) is 14.9 Å². The first-order valence-corrected chi connectivity index (χ1v) is 14.9. The molecule has 2 N–H and O–H groups in total. The molecule has 0 saturated carbocycles. The van der Waals surface area contributed by atoms with E-state index in [0.717, 1.165) is 23.2 Å². The summed E-state index contributed by atoms with van der Waals surface area (Å²) in [5.74, 6) is 1.12. The van der Waals surface area contributed by atoms with Gasteiger partial charge in [-0.05, 0) is 60.7 Å². The zero-order valence-electron chi connectivity index (χ0n) is 24.1. The molecule has 2 amide bonds. The molecule has 220 valence electrons. The van der Waals surface area contributed by atoms with Crippen molar-refractivity contribution in [3.05, 3.63) is 88.2 Å². The average molecular weight is 589 g/mol. The van der Waals surface area contributed by atoms with Crippen LogP contribution >= 0.6 is 11.8 Å². The van der Waals surface area contributed by atoms with Crippen LogP contribution in [0, 0.1) is 0 Å². The van der Waals surface area contributed by atoms with Crippen LogP contribution in [0.1, 0.15) is 30.9 Å². The molecule has 4 rings (SSSR count). The molecule has 0 radical (unpaired) electrons. The van der Waals surface area contributed by atoms with Crippen LogP contribution in [0.25, 0.3) is 10.9 Å². The van der Waals surface area contributed by atoms with Gasteiger partial charge in [-0.15, -0.1) is 0 Å². The van der Waals surface area contributed by atoms with Gasteiger partial charge in [0.25, 0.3) is 5.56 Å². The zero-order chi connectivity index (χ0) is 29.9. The van der Waals surface area contributed by atoms with Gasteiger partial charge in [-0.2, -0.15) is 0 Å². The van der Waals surface area contributed by atoms with Crippen LogP contribution in [0.4, 0.5) is 5.69 Å². The largest absolute Gasteiger partial charge is 0.493 e. The van der Waals surface area contributed by atoms with Gasteiger partial charge in [0.15, 0.2) is 16.7 Å². The summed E-state index contributed by atoms with van der Waals surface area (Å²) in [4.78, 5) is 43.4. The van der Waals surface area contributed by atoms with E-state index in [9.17, 15) is 14.4 Å². The highest BCUT2D eigenvalue weighted by Crippen LogP contribution is 2.27. The van der Waals surface area contributed by atoms with Crippen LogP contribution in [0.15, 0.2) is 76.7 Å². The van der Waals surface area contributed by atoms with Gasteiger partial charge < -0.3 is 20.1 Å². The number of carbonyl (C=O) groups is 2. The van der Waals surface area contributed by atoms with Gasteiger partial charge in [0.05, 0.1) is 30.9 Å². The lowest BCUT2D eigenvalue weighted by Crippen LogP contribution is -2.27. The lowest BCUT2D eigenvalue weighted by atomic mass is 10.1. The molecule has 0 bridgehead atoms. The van der Waals surface area contributed by atoms with Crippen molar-refractivity contribution in [2.45, 2.75) is 44.3 Å². The van der Waals surface area contributed by atoms with Crippen LogP contribution < -0.4 is 25.7 Å². The number of rotatable bonds is 14. The second kappa shape index (κ2) is 15.1. The van der Waals surface area contributed by atoms with E-state index in [1.807, 2.05) is 55.5 Å². The minimum absolute atomic E-state index is 0.0967. The summed E-state index contributed by atoms with van der Waals surface area (Å²) < 4.78 is 12.2. The molecule has 9 nitrogen and oxygen atoms in total. The maximum Gasteiger partial charge on any atom is 0.262 e. The molecular weight excluding hydrogens is 552 g/mol. The minimum Gasteiger partial charge on any atom is -0.493 e. The summed E-state index contributed by atoms with van der Waals surface area (Å²) in [6.45, 7) is 2.82. The fraction of sp³-hybridized carbons (Fsp3) is 0.312. The maximum atomic E-state index is 13.4. The summed E-state index contributed by atoms with van der Waals surface area (Å²) in [5.41, 5.74) is 3.25. The van der Waals surface area contributed by atoms with E-state index in [0.29, 0.717) is 53.5 Å². The lowest BCUT2D eigenvalue weighted by Gasteiger charge is -2.14. The Morgan fingerprint density at radius 3 is 2.50 bits per heavy atom. The Bertz CT molecular complexity index is 1600. The number of nitrogens with zero attached hydrogens (tertiary/aromatic N) is 2. The van der Waals surface area contributed by atoms with E-state index in [-0.39, 0.29) is 29.5 Å². The summed E-state index contributed by atoms with van der Waals surface area (Å²) in [5, 5.41) is 6.86. The Kier molecular flexibility index (Phi) is 11.0. The van der Waals surface area contributed by atoms with Crippen LogP contribution in [0.5, 0.6) is 11.5 Å². The van der Waals surface area contributed by atoms with E-state index >= 15 is 0 Å². The normalized spacial score (nSPS) is 10.8. The van der Waals surface area contributed by atoms with Gasteiger partial charge in [0, 0.05) is 25.2 Å². The number of amides is 2. The zero-order valence-corrected chi connectivity index (χ0v) is 25.0. The Hall–Kier alpha value is -4.31. The number of benzene rings is 3. The minimum atomic E-state index is -0.186. The number of ether oxygens (including phenoxy) is 2. The first kappa shape index (κ1) is 30.6. The van der Waals surface area contributed by atoms with Crippen molar-refractivity contribution < 1.29 is 19.1 Å². The number of para-hydroxylation sites is 2. The Morgan fingerprint density at radius 1 is 0.952 bits per heavy atom. The molecule has 0 unspecified atom stereocenters. The lowest BCUT2D eigenvalue weighted by molar-refractivity contribution is -0.121. The highest BCUT2D eigenvalue weighted by Gasteiger charge is 2.15. The first-order valence-electron chi connectivity index (χ1n) is 13.9. The van der Waals surface area contributed by atoms with E-state index in [2.05, 4.69) is 15.6 Å². The standard InChI is InChI=1S/C32H36N4O5S/c1-4-23-10-5-7-12-25(23)34-30(38)21-42-32-35-26-13-8-6-11-24(26)31(39)36(32)19-9-14-29(37)33-18-17-22-15-16-27(40-2)28(20-22)41-3/h5-8,10-13,15-16,20H,4,9,14,17-19,21H2,1-3H3,(H,33,37)(H,34,38). The highest BCUT2D eigenvalue weighted by atomic mass is 32.2. The predicted molar refractivity (Wildman–Crippen MR) is 167 cm³/mol. The molecular formula is C32H36N4O5S. The number of nitrogens with one attached hydrogen (secondary N) is 2. The van der Waals surface area contributed by atoms with Gasteiger partial charge in [-0.1, -0.05) is 55.1 Å². The van der Waals surface area contributed by atoms with Crippen molar-refractivity contribution in [2.75, 3.05) is 31.8 Å². The third-order valence-electron chi connectivity index (χ3n) is 6.80. The van der Waals surface area contributed by atoms with Gasteiger partial charge >= 0.3 is 0 Å². The number of hydrogen-bond donors (Lipinski definition) is 2. The van der Waals surface area contributed by atoms with Crippen molar-refractivity contribution in [3.63, 3.8) is 0 Å². The van der Waals surface area contributed by atoms with Crippen LogP contribution in [-0.4, -0.2) is 47.9 Å². The van der Waals surface area contributed by atoms with Crippen molar-refractivity contribution in [1.29, 1.82) is 0 Å². The molecule has 42 heavy (non-hydrogen) atoms. The second-order valence-electron chi connectivity index (χ2n) is 9.61. The molecule has 4 aromatic rings. The van der Waals surface area contributed by atoms with Crippen LogP contribution in [0.3, 0.4) is 0 Å². The molecule has 0 spiro atoms. The fourth-order valence-corrected chi connectivity index (χ4v) is 5.42. The van der Waals surface area contributed by atoms with Crippen molar-refractivity contribution in [2.24, 2.45) is 0 Å². The number of aryl methyl sites for hydroxylation is 1. The number of methoxy groups -OCH3 is 2. The number of fused-ring (bicyclic) bond motifs is 1. The van der Waals surface area contributed by atoms with Crippen LogP contribution in [0.2, 0.25) is 0 Å². The summed E-state index contributed by atoms with van der Waals surface area (Å²) in [6, 6.07) is 20.5.